The predicted octanol–water partition coefficient (Wildman–Crippen LogP) is 3.29. The van der Waals surface area contributed by atoms with Crippen molar-refractivity contribution >= 4 is 28.0 Å². The normalized spacial score (nSPS) is 18.1. The average molecular weight is 316 g/mol. The van der Waals surface area contributed by atoms with Crippen molar-refractivity contribution < 1.29 is 9.85 Å². The summed E-state index contributed by atoms with van der Waals surface area (Å²) >= 11 is 0. The molecule has 0 bridgehead atoms. The molecule has 1 aliphatic heterocycles. The largest absolute Gasteiger partial charge is 0.364 e. The minimum absolute atomic E-state index is 0.253. The first-order chi connectivity index (χ1) is 11.0. The number of non-ortho nitro benzene ring substituents is 1. The molecule has 8 heteroatoms. The molecule has 1 fully saturated rings. The minimum Gasteiger partial charge on any atom is -0.364 e. The molecule has 2 aromatic rings. The van der Waals surface area contributed by atoms with E-state index in [2.05, 4.69) is 11.9 Å². The van der Waals surface area contributed by atoms with Crippen molar-refractivity contribution in [3.8, 4) is 0 Å². The first-order valence-corrected chi connectivity index (χ1v) is 7.44. The molecule has 0 saturated carbocycles. The molecule has 1 atom stereocenters. The maximum Gasteiger partial charge on any atom is 0.301 e. The number of piperidine rings is 1. The van der Waals surface area contributed by atoms with Gasteiger partial charge in [-0.15, -0.1) is 0 Å². The maximum absolute atomic E-state index is 11.5. The fraction of sp³-hybridized carbons (Fsp3) is 0.400. The van der Waals surface area contributed by atoms with Gasteiger partial charge in [0, 0.05) is 19.3 Å². The van der Waals surface area contributed by atoms with Gasteiger partial charge in [-0.1, -0.05) is 6.92 Å². The second-order valence-corrected chi connectivity index (χ2v) is 5.87. The Balaban J connectivity index is 2.30. The number of aromatic nitrogens is 1. The molecular formula is C15H16N4O4. The molecule has 23 heavy (non-hydrogen) atoms. The molecule has 0 spiro atoms. The average Bonchev–Trinajstić information content (AvgIpc) is 2.52. The van der Waals surface area contributed by atoms with E-state index in [9.17, 15) is 20.2 Å². The highest BCUT2D eigenvalue weighted by Gasteiger charge is 2.31. The van der Waals surface area contributed by atoms with E-state index in [4.69, 9.17) is 0 Å². The Morgan fingerprint density at radius 2 is 2.00 bits per heavy atom. The van der Waals surface area contributed by atoms with Crippen molar-refractivity contribution in [2.24, 2.45) is 5.92 Å². The molecule has 1 unspecified atom stereocenters. The number of anilines is 1. The van der Waals surface area contributed by atoms with E-state index in [1.54, 1.807) is 12.1 Å². The van der Waals surface area contributed by atoms with Crippen LogP contribution in [-0.4, -0.2) is 27.9 Å². The van der Waals surface area contributed by atoms with Crippen molar-refractivity contribution in [2.45, 2.75) is 19.8 Å². The van der Waals surface area contributed by atoms with Crippen LogP contribution in [0.25, 0.3) is 10.9 Å². The van der Waals surface area contributed by atoms with Crippen LogP contribution < -0.4 is 4.90 Å². The van der Waals surface area contributed by atoms with Gasteiger partial charge >= 0.3 is 5.69 Å². The number of nitro benzene ring substituents is 2. The zero-order valence-electron chi connectivity index (χ0n) is 12.6. The summed E-state index contributed by atoms with van der Waals surface area (Å²) < 4.78 is 0. The summed E-state index contributed by atoms with van der Waals surface area (Å²) in [7, 11) is 0. The summed E-state index contributed by atoms with van der Waals surface area (Å²) in [5.74, 6) is 0.414. The van der Waals surface area contributed by atoms with Gasteiger partial charge in [-0.3, -0.25) is 25.2 Å². The van der Waals surface area contributed by atoms with Crippen molar-refractivity contribution in [1.82, 2.24) is 4.98 Å². The third-order valence-corrected chi connectivity index (χ3v) is 4.19. The van der Waals surface area contributed by atoms with Gasteiger partial charge < -0.3 is 4.90 Å². The molecule has 1 aromatic heterocycles. The zero-order valence-corrected chi connectivity index (χ0v) is 12.6. The Kier molecular flexibility index (Phi) is 3.81. The molecule has 0 N–H and O–H groups in total. The van der Waals surface area contributed by atoms with Crippen LogP contribution in [0, 0.1) is 26.1 Å². The van der Waals surface area contributed by atoms with E-state index in [1.165, 1.54) is 6.20 Å². The lowest BCUT2D eigenvalue weighted by Gasteiger charge is -2.32. The van der Waals surface area contributed by atoms with Gasteiger partial charge in [0.1, 0.15) is 11.2 Å². The van der Waals surface area contributed by atoms with Crippen LogP contribution in [0.2, 0.25) is 0 Å². The van der Waals surface area contributed by atoms with Gasteiger partial charge in [0.15, 0.2) is 0 Å². The summed E-state index contributed by atoms with van der Waals surface area (Å²) in [6, 6.07) is 4.24. The smallest absolute Gasteiger partial charge is 0.301 e. The van der Waals surface area contributed by atoms with Crippen molar-refractivity contribution in [3.63, 3.8) is 0 Å². The van der Waals surface area contributed by atoms with Gasteiger partial charge in [0.2, 0.25) is 0 Å². The first kappa shape index (κ1) is 15.1. The van der Waals surface area contributed by atoms with E-state index < -0.39 is 9.85 Å². The van der Waals surface area contributed by atoms with Gasteiger partial charge in [-0.05, 0) is 30.9 Å². The van der Waals surface area contributed by atoms with E-state index in [-0.39, 0.29) is 11.4 Å². The number of hydrogen-bond acceptors (Lipinski definition) is 6. The predicted molar refractivity (Wildman–Crippen MR) is 85.7 cm³/mol. The number of nitro groups is 2. The topological polar surface area (TPSA) is 102 Å². The highest BCUT2D eigenvalue weighted by atomic mass is 16.6. The van der Waals surface area contributed by atoms with Crippen LogP contribution >= 0.6 is 0 Å². The number of nitrogens with zero attached hydrogens (tertiary/aromatic N) is 4. The van der Waals surface area contributed by atoms with Gasteiger partial charge in [-0.2, -0.15) is 0 Å². The van der Waals surface area contributed by atoms with Crippen LogP contribution in [0.3, 0.4) is 0 Å². The van der Waals surface area contributed by atoms with Crippen LogP contribution in [0.4, 0.5) is 17.1 Å². The molecule has 1 saturated heterocycles. The molecule has 0 aliphatic carbocycles. The standard InChI is InChI=1S/C15H16N4O4/c1-10-4-3-7-17(9-10)15-13(19(22)23)8-12(18(20)21)11-5-2-6-16-14(11)15/h2,5-6,8,10H,3-4,7,9H2,1H3. The van der Waals surface area contributed by atoms with E-state index >= 15 is 0 Å². The molecule has 0 amide bonds. The van der Waals surface area contributed by atoms with Crippen LogP contribution in [0.1, 0.15) is 19.8 Å². The molecule has 1 aliphatic rings. The Labute approximate surface area is 132 Å². The summed E-state index contributed by atoms with van der Waals surface area (Å²) in [5, 5.41) is 23.1. The third kappa shape index (κ3) is 2.67. The monoisotopic (exact) mass is 316 g/mol. The highest BCUT2D eigenvalue weighted by Crippen LogP contribution is 2.41. The number of fused-ring (bicyclic) bond motifs is 1. The van der Waals surface area contributed by atoms with Crippen molar-refractivity contribution in [1.29, 1.82) is 0 Å². The fourth-order valence-electron chi connectivity index (χ4n) is 3.19. The molecule has 8 nitrogen and oxygen atoms in total. The molecule has 3 rings (SSSR count). The Bertz CT molecular complexity index is 792. The lowest BCUT2D eigenvalue weighted by atomic mass is 9.98. The Hall–Kier alpha value is -2.77. The molecular weight excluding hydrogens is 300 g/mol. The quantitative estimate of drug-likeness (QED) is 0.636. The number of hydrogen-bond donors (Lipinski definition) is 0. The zero-order chi connectivity index (χ0) is 16.6. The summed E-state index contributed by atoms with van der Waals surface area (Å²) in [6.45, 7) is 3.47. The van der Waals surface area contributed by atoms with E-state index in [0.29, 0.717) is 35.6 Å². The molecule has 1 aromatic carbocycles. The fourth-order valence-corrected chi connectivity index (χ4v) is 3.19. The van der Waals surface area contributed by atoms with E-state index in [1.807, 2.05) is 4.90 Å². The lowest BCUT2D eigenvalue weighted by molar-refractivity contribution is -0.392. The Morgan fingerprint density at radius 1 is 1.26 bits per heavy atom. The van der Waals surface area contributed by atoms with Crippen LogP contribution in [0.5, 0.6) is 0 Å². The SMILES string of the molecule is CC1CCCN(c2c([N+](=O)[O-])cc([N+](=O)[O-])c3cccnc23)C1. The van der Waals surface area contributed by atoms with Gasteiger partial charge in [-0.25, -0.2) is 0 Å². The number of pyridine rings is 1. The van der Waals surface area contributed by atoms with Gasteiger partial charge in [0.05, 0.1) is 21.3 Å². The van der Waals surface area contributed by atoms with Gasteiger partial charge in [0.25, 0.3) is 5.69 Å². The molecule has 2 heterocycles. The number of benzene rings is 1. The van der Waals surface area contributed by atoms with E-state index in [0.717, 1.165) is 18.9 Å². The maximum atomic E-state index is 11.5. The van der Waals surface area contributed by atoms with Crippen molar-refractivity contribution in [2.75, 3.05) is 18.0 Å². The Morgan fingerprint density at radius 3 is 2.65 bits per heavy atom. The van der Waals surface area contributed by atoms with Crippen molar-refractivity contribution in [3.05, 3.63) is 44.6 Å². The summed E-state index contributed by atoms with van der Waals surface area (Å²) in [6.07, 6.45) is 3.51. The highest BCUT2D eigenvalue weighted by molar-refractivity contribution is 6.01. The number of rotatable bonds is 3. The second-order valence-electron chi connectivity index (χ2n) is 5.87. The second kappa shape index (κ2) is 5.79. The molecule has 0 radical (unpaired) electrons. The lowest BCUT2D eigenvalue weighted by Crippen LogP contribution is -2.34. The van der Waals surface area contributed by atoms with Crippen LogP contribution in [0.15, 0.2) is 24.4 Å². The van der Waals surface area contributed by atoms with Crippen LogP contribution in [-0.2, 0) is 0 Å². The molecule has 120 valence electrons. The summed E-state index contributed by atoms with van der Waals surface area (Å²) in [4.78, 5) is 27.8. The third-order valence-electron chi connectivity index (χ3n) is 4.19. The first-order valence-electron chi connectivity index (χ1n) is 7.44. The summed E-state index contributed by atoms with van der Waals surface area (Å²) in [5.41, 5.74) is 0.177. The minimum atomic E-state index is -0.598.